The molecule has 0 bridgehead atoms. The van der Waals surface area contributed by atoms with Crippen molar-refractivity contribution < 1.29 is 18.3 Å². The van der Waals surface area contributed by atoms with Crippen LogP contribution < -0.4 is 4.72 Å². The first kappa shape index (κ1) is 14.6. The largest absolute Gasteiger partial charge is 0.478 e. The number of nitrogens with one attached hydrogen (secondary N) is 2. The molecule has 2 heterocycles. The molecule has 8 nitrogen and oxygen atoms in total. The van der Waals surface area contributed by atoms with Crippen LogP contribution in [0.4, 0.5) is 0 Å². The van der Waals surface area contributed by atoms with Gasteiger partial charge in [0.1, 0.15) is 16.4 Å². The number of aromatic nitrogens is 3. The molecule has 0 saturated carbocycles. The van der Waals surface area contributed by atoms with E-state index >= 15 is 0 Å². The van der Waals surface area contributed by atoms with Gasteiger partial charge in [-0.05, 0) is 12.5 Å². The molecule has 10 heteroatoms. The number of hydrogen-bond donors (Lipinski definition) is 3. The number of carboxylic acid groups (broad SMARTS) is 1. The molecule has 0 saturated heterocycles. The summed E-state index contributed by atoms with van der Waals surface area (Å²) >= 11 is 0.881. The predicted molar refractivity (Wildman–Crippen MR) is 71.2 cm³/mol. The standard InChI is InChI=1S/C10H12N4O4S2/c15-10(16)7-4-9(19-5-7)20(17,18)13-3-1-2-8-11-6-12-14-8/h4-6,13H,1-3H2,(H,15,16)(H,11,12,14). The van der Waals surface area contributed by atoms with E-state index in [1.807, 2.05) is 0 Å². The van der Waals surface area contributed by atoms with Crippen molar-refractivity contribution in [2.45, 2.75) is 17.1 Å². The van der Waals surface area contributed by atoms with E-state index < -0.39 is 16.0 Å². The highest BCUT2D eigenvalue weighted by molar-refractivity contribution is 7.91. The van der Waals surface area contributed by atoms with Crippen LogP contribution in [0.3, 0.4) is 0 Å². The van der Waals surface area contributed by atoms with E-state index in [1.165, 1.54) is 11.7 Å². The third-order valence-corrected chi connectivity index (χ3v) is 5.34. The molecule has 2 aromatic rings. The lowest BCUT2D eigenvalue weighted by Crippen LogP contribution is -2.24. The molecule has 3 N–H and O–H groups in total. The van der Waals surface area contributed by atoms with E-state index in [0.717, 1.165) is 17.4 Å². The summed E-state index contributed by atoms with van der Waals surface area (Å²) in [6, 6.07) is 1.14. The highest BCUT2D eigenvalue weighted by atomic mass is 32.2. The zero-order chi connectivity index (χ0) is 14.6. The van der Waals surface area contributed by atoms with Gasteiger partial charge in [0, 0.05) is 18.3 Å². The zero-order valence-corrected chi connectivity index (χ0v) is 11.9. The lowest BCUT2D eigenvalue weighted by atomic mass is 10.3. The molecule has 0 radical (unpaired) electrons. The molecule has 2 aromatic heterocycles. The molecule has 20 heavy (non-hydrogen) atoms. The molecule has 0 aliphatic rings. The van der Waals surface area contributed by atoms with Gasteiger partial charge >= 0.3 is 5.97 Å². The first-order chi connectivity index (χ1) is 9.49. The van der Waals surface area contributed by atoms with Gasteiger partial charge < -0.3 is 5.11 Å². The monoisotopic (exact) mass is 316 g/mol. The van der Waals surface area contributed by atoms with Gasteiger partial charge in [0.25, 0.3) is 0 Å². The van der Waals surface area contributed by atoms with Gasteiger partial charge in [0.15, 0.2) is 0 Å². The first-order valence-electron chi connectivity index (χ1n) is 5.65. The van der Waals surface area contributed by atoms with Crippen LogP contribution in [0.2, 0.25) is 0 Å². The third kappa shape index (κ3) is 3.62. The molecule has 0 amide bonds. The molecule has 0 fully saturated rings. The molecule has 0 aromatic carbocycles. The Morgan fingerprint density at radius 1 is 1.50 bits per heavy atom. The first-order valence-corrected chi connectivity index (χ1v) is 8.01. The van der Waals surface area contributed by atoms with Gasteiger partial charge in [-0.3, -0.25) is 5.10 Å². The second kappa shape index (κ2) is 6.11. The van der Waals surface area contributed by atoms with Crippen LogP contribution in [-0.2, 0) is 16.4 Å². The summed E-state index contributed by atoms with van der Waals surface area (Å²) in [5.74, 6) is -0.457. The molecule has 0 aliphatic heterocycles. The van der Waals surface area contributed by atoms with Gasteiger partial charge in [0.05, 0.1) is 5.56 Å². The Labute approximate surface area is 118 Å². The number of aryl methyl sites for hydroxylation is 1. The van der Waals surface area contributed by atoms with Crippen LogP contribution in [0.25, 0.3) is 0 Å². The number of hydrogen-bond acceptors (Lipinski definition) is 6. The van der Waals surface area contributed by atoms with Crippen LogP contribution >= 0.6 is 11.3 Å². The fraction of sp³-hybridized carbons (Fsp3) is 0.300. The van der Waals surface area contributed by atoms with Crippen molar-refractivity contribution in [1.82, 2.24) is 19.9 Å². The highest BCUT2D eigenvalue weighted by Crippen LogP contribution is 2.19. The Bertz CT molecular complexity index is 678. The molecule has 0 atom stereocenters. The summed E-state index contributed by atoms with van der Waals surface area (Å²) in [6.07, 6.45) is 2.53. The Kier molecular flexibility index (Phi) is 4.47. The normalized spacial score (nSPS) is 11.6. The van der Waals surface area contributed by atoms with Crippen LogP contribution in [0.1, 0.15) is 22.6 Å². The van der Waals surface area contributed by atoms with Crippen molar-refractivity contribution in [3.05, 3.63) is 29.2 Å². The van der Waals surface area contributed by atoms with Gasteiger partial charge in [-0.2, -0.15) is 5.10 Å². The number of carboxylic acids is 1. The Morgan fingerprint density at radius 3 is 2.90 bits per heavy atom. The van der Waals surface area contributed by atoms with Gasteiger partial charge in [-0.25, -0.2) is 22.9 Å². The average molecular weight is 316 g/mol. The lowest BCUT2D eigenvalue weighted by molar-refractivity contribution is 0.0697. The maximum Gasteiger partial charge on any atom is 0.336 e. The molecular weight excluding hydrogens is 304 g/mol. The number of nitrogens with zero attached hydrogens (tertiary/aromatic N) is 2. The van der Waals surface area contributed by atoms with E-state index in [-0.39, 0.29) is 16.3 Å². The zero-order valence-electron chi connectivity index (χ0n) is 10.2. The number of carbonyl (C=O) groups is 1. The summed E-state index contributed by atoms with van der Waals surface area (Å²) in [4.78, 5) is 14.6. The van der Waals surface area contributed by atoms with Crippen LogP contribution in [-0.4, -0.2) is 41.2 Å². The van der Waals surface area contributed by atoms with Gasteiger partial charge in [0.2, 0.25) is 10.0 Å². The maximum atomic E-state index is 11.9. The van der Waals surface area contributed by atoms with E-state index in [9.17, 15) is 13.2 Å². The average Bonchev–Trinajstić information content (AvgIpc) is 3.05. The van der Waals surface area contributed by atoms with Crippen molar-refractivity contribution in [2.75, 3.05) is 6.54 Å². The lowest BCUT2D eigenvalue weighted by Gasteiger charge is -2.03. The van der Waals surface area contributed by atoms with Crippen molar-refractivity contribution >= 4 is 27.3 Å². The van der Waals surface area contributed by atoms with Crippen LogP contribution in [0.5, 0.6) is 0 Å². The maximum absolute atomic E-state index is 11.9. The van der Waals surface area contributed by atoms with E-state index in [1.54, 1.807) is 0 Å². The van der Waals surface area contributed by atoms with Crippen molar-refractivity contribution in [3.63, 3.8) is 0 Å². The summed E-state index contributed by atoms with van der Waals surface area (Å²) in [7, 11) is -3.66. The molecule has 0 spiro atoms. The van der Waals surface area contributed by atoms with Gasteiger partial charge in [-0.15, -0.1) is 11.3 Å². The predicted octanol–water partition coefficient (Wildman–Crippen LogP) is 0.476. The van der Waals surface area contributed by atoms with E-state index in [2.05, 4.69) is 19.9 Å². The summed E-state index contributed by atoms with van der Waals surface area (Å²) in [5.41, 5.74) is -0.0305. The fourth-order valence-corrected chi connectivity index (χ4v) is 3.73. The topological polar surface area (TPSA) is 125 Å². The minimum Gasteiger partial charge on any atom is -0.478 e. The Hall–Kier alpha value is -1.78. The fourth-order valence-electron chi connectivity index (χ4n) is 1.45. The number of rotatable bonds is 7. The number of aromatic amines is 1. The molecule has 0 unspecified atom stereocenters. The van der Waals surface area contributed by atoms with Crippen molar-refractivity contribution in [2.24, 2.45) is 0 Å². The quantitative estimate of drug-likeness (QED) is 0.638. The van der Waals surface area contributed by atoms with Crippen molar-refractivity contribution in [1.29, 1.82) is 0 Å². The Balaban J connectivity index is 1.88. The van der Waals surface area contributed by atoms with Crippen LogP contribution in [0.15, 0.2) is 22.0 Å². The van der Waals surface area contributed by atoms with Crippen molar-refractivity contribution in [3.8, 4) is 0 Å². The number of sulfonamides is 1. The van der Waals surface area contributed by atoms with E-state index in [4.69, 9.17) is 5.11 Å². The SMILES string of the molecule is O=C(O)c1csc(S(=O)(=O)NCCCc2ncn[nH]2)c1. The number of H-pyrrole nitrogens is 1. The second-order valence-corrected chi connectivity index (χ2v) is 6.80. The third-order valence-electron chi connectivity index (χ3n) is 2.43. The van der Waals surface area contributed by atoms with E-state index in [0.29, 0.717) is 18.7 Å². The summed E-state index contributed by atoms with van der Waals surface area (Å²) in [6.45, 7) is 0.239. The highest BCUT2D eigenvalue weighted by Gasteiger charge is 2.18. The molecule has 2 rings (SSSR count). The summed E-state index contributed by atoms with van der Waals surface area (Å²) in [5, 5.41) is 16.4. The number of aromatic carboxylic acids is 1. The molecule has 0 aliphatic carbocycles. The second-order valence-electron chi connectivity index (χ2n) is 3.89. The molecule has 108 valence electrons. The minimum absolute atomic E-state index is 0.00503. The summed E-state index contributed by atoms with van der Waals surface area (Å²) < 4.78 is 26.2. The molecular formula is C10H12N4O4S2. The number of thiophene rings is 1. The Morgan fingerprint density at radius 2 is 2.30 bits per heavy atom. The van der Waals surface area contributed by atoms with Crippen LogP contribution in [0, 0.1) is 0 Å². The minimum atomic E-state index is -3.66. The smallest absolute Gasteiger partial charge is 0.336 e. The van der Waals surface area contributed by atoms with Gasteiger partial charge in [-0.1, -0.05) is 0 Å².